The van der Waals surface area contributed by atoms with E-state index in [2.05, 4.69) is 9.97 Å². The first kappa shape index (κ1) is 15.1. The Morgan fingerprint density at radius 3 is 2.50 bits per heavy atom. The van der Waals surface area contributed by atoms with Crippen LogP contribution in [-0.4, -0.2) is 22.2 Å². The molecule has 1 aromatic carbocycles. The minimum Gasteiger partial charge on any atom is -0.474 e. The Hall–Kier alpha value is -1.85. The summed E-state index contributed by atoms with van der Waals surface area (Å²) in [6, 6.07) is 5.72. The summed E-state index contributed by atoms with van der Waals surface area (Å²) in [5, 5.41) is 0.806. The number of hydrogen-bond donors (Lipinski definition) is 0. The summed E-state index contributed by atoms with van der Waals surface area (Å²) in [5.74, 6) is -0.735. The highest BCUT2D eigenvalue weighted by atomic mass is 19.4. The standard InChI is InChI=1S/C16H17F3N2O/c1-10-3-2-4-13-14(10)20-9-21-15(13)22-12-7-5-11(6-8-12)16(17,18)19/h2-4,9,11-12H,5-8H2,1H3. The lowest BCUT2D eigenvalue weighted by atomic mass is 9.87. The quantitative estimate of drug-likeness (QED) is 0.822. The maximum absolute atomic E-state index is 12.7. The molecular weight excluding hydrogens is 293 g/mol. The first-order valence-corrected chi connectivity index (χ1v) is 7.39. The molecule has 6 heteroatoms. The highest BCUT2D eigenvalue weighted by Gasteiger charge is 2.41. The van der Waals surface area contributed by atoms with Gasteiger partial charge in [0.05, 0.1) is 16.8 Å². The Kier molecular flexibility index (Phi) is 3.93. The maximum atomic E-state index is 12.7. The van der Waals surface area contributed by atoms with Crippen LogP contribution in [0.2, 0.25) is 0 Å². The smallest absolute Gasteiger partial charge is 0.391 e. The molecule has 0 aliphatic heterocycles. The number of fused-ring (bicyclic) bond motifs is 1. The molecule has 1 saturated carbocycles. The lowest BCUT2D eigenvalue weighted by molar-refractivity contribution is -0.185. The second-order valence-corrected chi connectivity index (χ2v) is 5.78. The van der Waals surface area contributed by atoms with Crippen molar-refractivity contribution >= 4 is 10.9 Å². The molecule has 1 aliphatic rings. The molecule has 0 unspecified atom stereocenters. The van der Waals surface area contributed by atoms with E-state index in [0.717, 1.165) is 16.5 Å². The van der Waals surface area contributed by atoms with E-state index in [-0.39, 0.29) is 18.9 Å². The van der Waals surface area contributed by atoms with Crippen LogP contribution in [0, 0.1) is 12.8 Å². The highest BCUT2D eigenvalue weighted by Crippen LogP contribution is 2.38. The summed E-state index contributed by atoms with van der Waals surface area (Å²) in [7, 11) is 0. The molecule has 1 aromatic heterocycles. The summed E-state index contributed by atoms with van der Waals surface area (Å²) in [6.45, 7) is 1.95. The minimum atomic E-state index is -4.09. The molecule has 0 saturated heterocycles. The third-order valence-electron chi connectivity index (χ3n) is 4.25. The molecule has 0 atom stereocenters. The Bertz CT molecular complexity index is 664. The Morgan fingerprint density at radius 1 is 1.09 bits per heavy atom. The fourth-order valence-corrected chi connectivity index (χ4v) is 2.97. The van der Waals surface area contributed by atoms with Gasteiger partial charge in [0, 0.05) is 0 Å². The fraction of sp³-hybridized carbons (Fsp3) is 0.500. The van der Waals surface area contributed by atoms with Gasteiger partial charge in [-0.1, -0.05) is 12.1 Å². The molecule has 0 spiro atoms. The number of benzene rings is 1. The molecule has 1 fully saturated rings. The number of halogens is 3. The monoisotopic (exact) mass is 310 g/mol. The van der Waals surface area contributed by atoms with Gasteiger partial charge in [-0.05, 0) is 44.2 Å². The molecule has 0 radical (unpaired) electrons. The maximum Gasteiger partial charge on any atom is 0.391 e. The number of aromatic nitrogens is 2. The molecule has 3 rings (SSSR count). The van der Waals surface area contributed by atoms with E-state index in [1.807, 2.05) is 25.1 Å². The number of aryl methyl sites for hydroxylation is 1. The Labute approximate surface area is 126 Å². The normalized spacial score (nSPS) is 22.7. The Balaban J connectivity index is 1.74. The minimum absolute atomic E-state index is 0.121. The van der Waals surface area contributed by atoms with Crippen LogP contribution in [0.3, 0.4) is 0 Å². The van der Waals surface area contributed by atoms with Gasteiger partial charge in [-0.15, -0.1) is 0 Å². The lowest BCUT2D eigenvalue weighted by Crippen LogP contribution is -2.32. The number of alkyl halides is 3. The van der Waals surface area contributed by atoms with E-state index < -0.39 is 12.1 Å². The predicted molar refractivity (Wildman–Crippen MR) is 76.7 cm³/mol. The molecule has 0 N–H and O–H groups in total. The Morgan fingerprint density at radius 2 is 1.82 bits per heavy atom. The summed E-state index contributed by atoms with van der Waals surface area (Å²) < 4.78 is 43.9. The average molecular weight is 310 g/mol. The number of rotatable bonds is 2. The molecule has 118 valence electrons. The van der Waals surface area contributed by atoms with E-state index in [1.165, 1.54) is 6.33 Å². The van der Waals surface area contributed by atoms with Crippen molar-refractivity contribution < 1.29 is 17.9 Å². The first-order valence-electron chi connectivity index (χ1n) is 7.39. The molecule has 1 aliphatic carbocycles. The van der Waals surface area contributed by atoms with Gasteiger partial charge < -0.3 is 4.74 Å². The summed E-state index contributed by atoms with van der Waals surface area (Å²) >= 11 is 0. The van der Waals surface area contributed by atoms with Gasteiger partial charge >= 0.3 is 6.18 Å². The summed E-state index contributed by atoms with van der Waals surface area (Å²) in [5.41, 5.74) is 1.84. The molecule has 1 heterocycles. The van der Waals surface area contributed by atoms with Crippen molar-refractivity contribution in [2.45, 2.75) is 44.9 Å². The predicted octanol–water partition coefficient (Wildman–Crippen LogP) is 4.44. The van der Waals surface area contributed by atoms with Crippen LogP contribution in [0.1, 0.15) is 31.2 Å². The third-order valence-corrected chi connectivity index (χ3v) is 4.25. The van der Waals surface area contributed by atoms with Crippen molar-refractivity contribution in [2.75, 3.05) is 0 Å². The largest absolute Gasteiger partial charge is 0.474 e. The van der Waals surface area contributed by atoms with E-state index >= 15 is 0 Å². The van der Waals surface area contributed by atoms with E-state index in [0.29, 0.717) is 18.7 Å². The van der Waals surface area contributed by atoms with Crippen LogP contribution in [0.15, 0.2) is 24.5 Å². The molecular formula is C16H17F3N2O. The molecule has 0 bridgehead atoms. The van der Waals surface area contributed by atoms with E-state index in [1.54, 1.807) is 0 Å². The zero-order valence-electron chi connectivity index (χ0n) is 12.2. The third kappa shape index (κ3) is 3.00. The first-order chi connectivity index (χ1) is 10.4. The van der Waals surface area contributed by atoms with Crippen molar-refractivity contribution in [3.05, 3.63) is 30.1 Å². The summed E-state index contributed by atoms with van der Waals surface area (Å²) in [4.78, 5) is 8.39. The average Bonchev–Trinajstić information content (AvgIpc) is 2.48. The lowest BCUT2D eigenvalue weighted by Gasteiger charge is -2.30. The van der Waals surface area contributed by atoms with Gasteiger partial charge in [0.2, 0.25) is 5.88 Å². The SMILES string of the molecule is Cc1cccc2c(OC3CCC(C(F)(F)F)CC3)ncnc12. The fourth-order valence-electron chi connectivity index (χ4n) is 2.97. The molecule has 0 amide bonds. The number of nitrogens with zero attached hydrogens (tertiary/aromatic N) is 2. The zero-order valence-corrected chi connectivity index (χ0v) is 12.2. The number of para-hydroxylation sites is 1. The van der Waals surface area contributed by atoms with Gasteiger partial charge in [-0.2, -0.15) is 13.2 Å². The molecule has 2 aromatic rings. The van der Waals surface area contributed by atoms with Crippen LogP contribution >= 0.6 is 0 Å². The van der Waals surface area contributed by atoms with Gasteiger partial charge in [0.1, 0.15) is 12.4 Å². The van der Waals surface area contributed by atoms with Crippen molar-refractivity contribution in [3.63, 3.8) is 0 Å². The second kappa shape index (κ2) is 5.74. The van der Waals surface area contributed by atoms with Crippen molar-refractivity contribution in [3.8, 4) is 5.88 Å². The van der Waals surface area contributed by atoms with E-state index in [9.17, 15) is 13.2 Å². The van der Waals surface area contributed by atoms with Gasteiger partial charge in [0.25, 0.3) is 0 Å². The van der Waals surface area contributed by atoms with Crippen LogP contribution < -0.4 is 4.74 Å². The number of hydrogen-bond acceptors (Lipinski definition) is 3. The van der Waals surface area contributed by atoms with Gasteiger partial charge in [-0.25, -0.2) is 9.97 Å². The van der Waals surface area contributed by atoms with Crippen LogP contribution in [-0.2, 0) is 0 Å². The van der Waals surface area contributed by atoms with Crippen LogP contribution in [0.4, 0.5) is 13.2 Å². The van der Waals surface area contributed by atoms with E-state index in [4.69, 9.17) is 4.74 Å². The van der Waals surface area contributed by atoms with Crippen LogP contribution in [0.5, 0.6) is 5.88 Å². The number of ether oxygens (including phenoxy) is 1. The van der Waals surface area contributed by atoms with Crippen LogP contribution in [0.25, 0.3) is 10.9 Å². The van der Waals surface area contributed by atoms with Crippen molar-refractivity contribution in [1.29, 1.82) is 0 Å². The van der Waals surface area contributed by atoms with Crippen molar-refractivity contribution in [1.82, 2.24) is 9.97 Å². The van der Waals surface area contributed by atoms with Gasteiger partial charge in [0.15, 0.2) is 0 Å². The zero-order chi connectivity index (χ0) is 15.7. The highest BCUT2D eigenvalue weighted by molar-refractivity contribution is 5.85. The molecule has 3 nitrogen and oxygen atoms in total. The van der Waals surface area contributed by atoms with Gasteiger partial charge in [-0.3, -0.25) is 0 Å². The second-order valence-electron chi connectivity index (χ2n) is 5.78. The molecule has 22 heavy (non-hydrogen) atoms. The topological polar surface area (TPSA) is 35.0 Å². The van der Waals surface area contributed by atoms with Crippen molar-refractivity contribution in [2.24, 2.45) is 5.92 Å². The summed E-state index contributed by atoms with van der Waals surface area (Å²) in [6.07, 6.45) is -1.82.